The number of hydrogen-bond donors (Lipinski definition) is 5. The number of amides is 2. The molecule has 366 valence electrons. The molecule has 4 aliphatic rings. The Labute approximate surface area is 394 Å². The molecule has 2 aromatic carbocycles. The van der Waals surface area contributed by atoms with Gasteiger partial charge in [-0.2, -0.15) is 8.42 Å². The van der Waals surface area contributed by atoms with Gasteiger partial charge in [-0.3, -0.25) is 14.1 Å². The molecule has 2 aromatic rings. The van der Waals surface area contributed by atoms with Crippen LogP contribution in [0.1, 0.15) is 163 Å². The molecule has 4 aliphatic heterocycles. The summed E-state index contributed by atoms with van der Waals surface area (Å²) in [5.41, 5.74) is 4.37. The Morgan fingerprint density at radius 1 is 0.776 bits per heavy atom. The van der Waals surface area contributed by atoms with E-state index in [0.717, 1.165) is 25.7 Å². The van der Waals surface area contributed by atoms with Crippen LogP contribution in [0.15, 0.2) is 58.7 Å². The zero-order valence-electron chi connectivity index (χ0n) is 40.1. The zero-order valence-corrected chi connectivity index (χ0v) is 40.9. The van der Waals surface area contributed by atoms with Crippen LogP contribution in [0, 0.1) is 0 Å². The van der Waals surface area contributed by atoms with Crippen LogP contribution in [0.3, 0.4) is 0 Å². The standard InChI is InChI=1S/C51H68N2O13S/c1-30(2)14-9-16-32(5)18-11-21-50(7)43(55)26-36-41(54)24-34-39(45(36)64-50)29-53(48(34)58)40(49(59)60)20-13-23-52-28-38-35(47(52)57)25-42(66-67(61,62)63)37-27-44(56)51(8,65-46(37)38)22-12-19-33(6)17-10-15-31(3)4/h14-15,18-19,24-25,40,43-44,54-56H,9-13,16-17,20-23,26-29H2,1-8H3,(H,59,60)(H,61,62,63)/b32-18+,33-19+/t40-,43-,44-,50+,51+/m0/s1. The van der Waals surface area contributed by atoms with Gasteiger partial charge >= 0.3 is 16.4 Å². The zero-order chi connectivity index (χ0) is 49.2. The number of aliphatic hydroxyl groups is 2. The Morgan fingerprint density at radius 2 is 1.28 bits per heavy atom. The minimum atomic E-state index is -5.03. The Hall–Kier alpha value is -5.16. The fourth-order valence-electron chi connectivity index (χ4n) is 9.57. The van der Waals surface area contributed by atoms with E-state index in [1.807, 2.05) is 6.92 Å². The summed E-state index contributed by atoms with van der Waals surface area (Å²) in [5, 5.41) is 44.2. The normalized spacial score (nSPS) is 22.9. The Balaban J connectivity index is 1.16. The van der Waals surface area contributed by atoms with E-state index >= 15 is 0 Å². The quantitative estimate of drug-likeness (QED) is 0.0622. The molecule has 0 saturated carbocycles. The number of fused-ring (bicyclic) bond motifs is 6. The molecule has 67 heavy (non-hydrogen) atoms. The Kier molecular flexibility index (Phi) is 15.8. The van der Waals surface area contributed by atoms with Gasteiger partial charge in [0.2, 0.25) is 0 Å². The number of phenols is 1. The number of carbonyl (C=O) groups is 3. The molecular formula is C51H68N2O13S. The third-order valence-electron chi connectivity index (χ3n) is 13.7. The monoisotopic (exact) mass is 948 g/mol. The molecule has 5 atom stereocenters. The Bertz CT molecular complexity index is 2500. The molecule has 16 heteroatoms. The maximum atomic E-state index is 14.0. The third-order valence-corrected chi connectivity index (χ3v) is 14.1. The summed E-state index contributed by atoms with van der Waals surface area (Å²) in [6.45, 7) is 15.9. The van der Waals surface area contributed by atoms with E-state index in [2.05, 4.69) is 58.9 Å². The van der Waals surface area contributed by atoms with Gasteiger partial charge in [0, 0.05) is 41.6 Å². The van der Waals surface area contributed by atoms with E-state index in [0.29, 0.717) is 42.4 Å². The summed E-state index contributed by atoms with van der Waals surface area (Å²) >= 11 is 0. The number of rotatable bonds is 20. The molecule has 0 bridgehead atoms. The van der Waals surface area contributed by atoms with Gasteiger partial charge in [-0.1, -0.05) is 46.6 Å². The highest BCUT2D eigenvalue weighted by Gasteiger charge is 2.47. The minimum absolute atomic E-state index is 0.0304. The van der Waals surface area contributed by atoms with Crippen molar-refractivity contribution in [3.63, 3.8) is 0 Å². The number of ether oxygens (including phenoxy) is 2. The second kappa shape index (κ2) is 20.6. The highest BCUT2D eigenvalue weighted by molar-refractivity contribution is 7.81. The molecule has 0 saturated heterocycles. The second-order valence-corrected chi connectivity index (χ2v) is 20.7. The number of aromatic hydroxyl groups is 1. The minimum Gasteiger partial charge on any atom is -0.508 e. The lowest BCUT2D eigenvalue weighted by molar-refractivity contribution is -0.142. The number of aliphatic hydroxyl groups excluding tert-OH is 2. The van der Waals surface area contributed by atoms with Gasteiger partial charge < -0.3 is 43.9 Å². The molecule has 6 rings (SSSR count). The average Bonchev–Trinajstić information content (AvgIpc) is 3.71. The molecular weight excluding hydrogens is 881 g/mol. The summed E-state index contributed by atoms with van der Waals surface area (Å²) in [6, 6.07) is 1.22. The van der Waals surface area contributed by atoms with Crippen LogP contribution in [0.4, 0.5) is 0 Å². The predicted octanol–water partition coefficient (Wildman–Crippen LogP) is 8.47. The number of carbonyl (C=O) groups excluding carboxylic acids is 2. The number of hydrogen-bond acceptors (Lipinski definition) is 11. The highest BCUT2D eigenvalue weighted by atomic mass is 32.3. The predicted molar refractivity (Wildman–Crippen MR) is 253 cm³/mol. The van der Waals surface area contributed by atoms with Crippen molar-refractivity contribution in [3.05, 3.63) is 92.1 Å². The molecule has 0 aromatic heterocycles. The van der Waals surface area contributed by atoms with Crippen molar-refractivity contribution in [1.29, 1.82) is 0 Å². The first kappa shape index (κ1) is 51.2. The Morgan fingerprint density at radius 3 is 1.81 bits per heavy atom. The van der Waals surface area contributed by atoms with Gasteiger partial charge in [0.15, 0.2) is 5.75 Å². The number of carboxylic acids is 1. The molecule has 2 amide bonds. The number of aliphatic carboxylic acids is 1. The third kappa shape index (κ3) is 11.8. The summed E-state index contributed by atoms with van der Waals surface area (Å²) in [6.07, 6.45) is 12.4. The van der Waals surface area contributed by atoms with Crippen LogP contribution in [0.2, 0.25) is 0 Å². The van der Waals surface area contributed by atoms with Gasteiger partial charge in [0.05, 0.1) is 36.4 Å². The number of benzene rings is 2. The van der Waals surface area contributed by atoms with Gasteiger partial charge in [-0.25, -0.2) is 4.79 Å². The van der Waals surface area contributed by atoms with E-state index in [9.17, 15) is 47.8 Å². The van der Waals surface area contributed by atoms with Crippen molar-refractivity contribution < 1.29 is 61.4 Å². The van der Waals surface area contributed by atoms with Gasteiger partial charge in [0.1, 0.15) is 34.5 Å². The lowest BCUT2D eigenvalue weighted by Crippen LogP contribution is -2.49. The van der Waals surface area contributed by atoms with Crippen molar-refractivity contribution >= 4 is 28.2 Å². The SMILES string of the molecule is CC(C)=CCC/C(C)=C/CC[C@@]1(C)Oc2c(c(O)cc3c2CN([C@@H](CCCN2Cc4c(cc(OS(=O)(=O)O)c5c4O[C@](C)(CC/C=C(\C)CCC=C(C)C)[C@@H](O)C5)C2=O)C(=O)O)C3=O)C[C@@H]1O. The summed E-state index contributed by atoms with van der Waals surface area (Å²) in [4.78, 5) is 43.5. The molecule has 0 aliphatic carbocycles. The lowest BCUT2D eigenvalue weighted by atomic mass is 9.84. The van der Waals surface area contributed by atoms with Crippen LogP contribution < -0.4 is 13.7 Å². The summed E-state index contributed by atoms with van der Waals surface area (Å²) in [7, 11) is -5.03. The first-order valence-electron chi connectivity index (χ1n) is 23.3. The van der Waals surface area contributed by atoms with E-state index in [1.165, 1.54) is 44.2 Å². The van der Waals surface area contributed by atoms with Gasteiger partial charge in [-0.05, 0) is 132 Å². The molecule has 0 unspecified atom stereocenters. The number of phenolic OH excluding ortho intramolecular Hbond substituents is 1. The molecule has 15 nitrogen and oxygen atoms in total. The largest absolute Gasteiger partial charge is 0.508 e. The maximum Gasteiger partial charge on any atom is 0.446 e. The topological polar surface area (TPSA) is 221 Å². The van der Waals surface area contributed by atoms with Gasteiger partial charge in [-0.15, -0.1) is 0 Å². The van der Waals surface area contributed by atoms with E-state index in [1.54, 1.807) is 13.8 Å². The van der Waals surface area contributed by atoms with E-state index < -0.39 is 57.6 Å². The van der Waals surface area contributed by atoms with Crippen LogP contribution >= 0.6 is 0 Å². The fraction of sp³-hybridized carbons (Fsp3) is 0.549. The average molecular weight is 949 g/mol. The smallest absolute Gasteiger partial charge is 0.446 e. The first-order chi connectivity index (χ1) is 31.4. The molecule has 5 N–H and O–H groups in total. The summed E-state index contributed by atoms with van der Waals surface area (Å²) in [5.74, 6) is -2.44. The van der Waals surface area contributed by atoms with Crippen molar-refractivity contribution in [2.75, 3.05) is 6.54 Å². The second-order valence-electron chi connectivity index (χ2n) is 19.7. The molecule has 0 radical (unpaired) electrons. The van der Waals surface area contributed by atoms with Crippen molar-refractivity contribution in [1.82, 2.24) is 9.80 Å². The van der Waals surface area contributed by atoms with Crippen molar-refractivity contribution in [3.8, 4) is 23.0 Å². The van der Waals surface area contributed by atoms with Crippen LogP contribution in [0.25, 0.3) is 0 Å². The van der Waals surface area contributed by atoms with E-state index in [-0.39, 0.29) is 85.0 Å². The van der Waals surface area contributed by atoms with Crippen molar-refractivity contribution in [2.24, 2.45) is 0 Å². The molecule has 4 heterocycles. The van der Waals surface area contributed by atoms with Crippen LogP contribution in [-0.4, -0.2) is 97.0 Å². The van der Waals surface area contributed by atoms with Gasteiger partial charge in [0.25, 0.3) is 11.8 Å². The lowest BCUT2D eigenvalue weighted by Gasteiger charge is -2.41. The fourth-order valence-corrected chi connectivity index (χ4v) is 9.95. The summed E-state index contributed by atoms with van der Waals surface area (Å²) < 4.78 is 51.6. The molecule has 0 spiro atoms. The number of nitrogens with zero attached hydrogens (tertiary/aromatic N) is 2. The maximum absolute atomic E-state index is 14.0. The van der Waals surface area contributed by atoms with Crippen LogP contribution in [0.5, 0.6) is 23.0 Å². The molecule has 0 fully saturated rings. The highest BCUT2D eigenvalue weighted by Crippen LogP contribution is 2.49. The number of allylic oxidation sites excluding steroid dienone is 8. The number of carboxylic acid groups (broad SMARTS) is 1. The van der Waals surface area contributed by atoms with E-state index in [4.69, 9.17) is 13.7 Å². The first-order valence-corrected chi connectivity index (χ1v) is 24.7. The van der Waals surface area contributed by atoms with Crippen molar-refractivity contribution in [2.45, 2.75) is 175 Å². The van der Waals surface area contributed by atoms with Crippen LogP contribution in [-0.2, 0) is 41.1 Å².